The minimum Gasteiger partial charge on any atom is -0.491 e. The lowest BCUT2D eigenvalue weighted by Crippen LogP contribution is -2.57. The Hall–Kier alpha value is -1.62. The Labute approximate surface area is 161 Å². The molecule has 140 valence electrons. The van der Waals surface area contributed by atoms with Gasteiger partial charge in [0.2, 0.25) is 0 Å². The van der Waals surface area contributed by atoms with Crippen LogP contribution in [0, 0.1) is 23.7 Å². The van der Waals surface area contributed by atoms with Gasteiger partial charge in [-0.15, -0.1) is 0 Å². The zero-order valence-electron chi connectivity index (χ0n) is 15.5. The number of nitrogens with one attached hydrogen (secondary N) is 2. The lowest BCUT2D eigenvalue weighted by atomic mass is 9.54. The molecule has 26 heavy (non-hydrogen) atoms. The molecular formula is C21H28N2O2S. The molecule has 2 N–H and O–H groups in total. The summed E-state index contributed by atoms with van der Waals surface area (Å²) in [5.74, 6) is 3.94. The van der Waals surface area contributed by atoms with Crippen molar-refractivity contribution in [2.45, 2.75) is 58.1 Å². The van der Waals surface area contributed by atoms with E-state index in [9.17, 15) is 4.79 Å². The van der Waals surface area contributed by atoms with Gasteiger partial charge in [0, 0.05) is 11.6 Å². The van der Waals surface area contributed by atoms with Crippen molar-refractivity contribution in [2.75, 3.05) is 0 Å². The van der Waals surface area contributed by atoms with Gasteiger partial charge in [0.05, 0.1) is 6.10 Å². The molecule has 0 aromatic heterocycles. The standard InChI is InChI=1S/C21H28N2O2S/c1-12(2)25-18-5-3-15(4-6-18)20(24)23-21(26)22-19-16-8-13-7-14(10-16)11-17(19)9-13/h3-6,12-14,16-17,19H,7-11H2,1-2H3,(H2,22,23,24,26). The zero-order chi connectivity index (χ0) is 18.3. The fourth-order valence-electron chi connectivity index (χ4n) is 5.48. The molecule has 0 aliphatic heterocycles. The van der Waals surface area contributed by atoms with Crippen LogP contribution in [0.2, 0.25) is 0 Å². The average molecular weight is 373 g/mol. The Bertz CT molecular complexity index is 658. The Morgan fingerprint density at radius 2 is 1.62 bits per heavy atom. The largest absolute Gasteiger partial charge is 0.491 e. The second-order valence-electron chi connectivity index (χ2n) is 8.58. The van der Waals surface area contributed by atoms with Crippen LogP contribution >= 0.6 is 12.2 Å². The summed E-state index contributed by atoms with van der Waals surface area (Å²) in [5, 5.41) is 6.80. The Morgan fingerprint density at radius 3 is 2.15 bits per heavy atom. The van der Waals surface area contributed by atoms with Crippen LogP contribution in [-0.2, 0) is 0 Å². The Balaban J connectivity index is 1.32. The maximum atomic E-state index is 12.5. The van der Waals surface area contributed by atoms with Gasteiger partial charge in [-0.1, -0.05) is 0 Å². The molecule has 0 heterocycles. The summed E-state index contributed by atoms with van der Waals surface area (Å²) >= 11 is 5.44. The lowest BCUT2D eigenvalue weighted by Gasteiger charge is -2.54. The van der Waals surface area contributed by atoms with Gasteiger partial charge in [0.25, 0.3) is 5.91 Å². The summed E-state index contributed by atoms with van der Waals surface area (Å²) in [4.78, 5) is 12.5. The molecule has 5 rings (SSSR count). The van der Waals surface area contributed by atoms with Gasteiger partial charge in [-0.2, -0.15) is 0 Å². The Kier molecular flexibility index (Phi) is 4.91. The maximum Gasteiger partial charge on any atom is 0.257 e. The fourth-order valence-corrected chi connectivity index (χ4v) is 5.71. The molecule has 0 radical (unpaired) electrons. The molecule has 5 heteroatoms. The van der Waals surface area contributed by atoms with Crippen LogP contribution in [0.4, 0.5) is 0 Å². The highest BCUT2D eigenvalue weighted by Gasteiger charge is 2.48. The van der Waals surface area contributed by atoms with Crippen LogP contribution in [0.15, 0.2) is 24.3 Å². The van der Waals surface area contributed by atoms with Crippen LogP contribution in [0.3, 0.4) is 0 Å². The SMILES string of the molecule is CC(C)Oc1ccc(C(=O)NC(=S)NC2C3CC4CC(C3)CC2C4)cc1. The number of rotatable bonds is 4. The average Bonchev–Trinajstić information content (AvgIpc) is 2.57. The van der Waals surface area contributed by atoms with E-state index in [1.54, 1.807) is 12.1 Å². The number of ether oxygens (including phenoxy) is 1. The van der Waals surface area contributed by atoms with Gasteiger partial charge in [-0.3, -0.25) is 10.1 Å². The summed E-state index contributed by atoms with van der Waals surface area (Å²) in [6.07, 6.45) is 6.89. The number of carbonyl (C=O) groups is 1. The molecule has 4 fully saturated rings. The van der Waals surface area contributed by atoms with E-state index in [0.29, 0.717) is 16.7 Å². The predicted molar refractivity (Wildman–Crippen MR) is 106 cm³/mol. The first kappa shape index (κ1) is 17.8. The second kappa shape index (κ2) is 7.18. The first-order valence-electron chi connectivity index (χ1n) is 9.86. The number of amides is 1. The van der Waals surface area contributed by atoms with E-state index in [1.165, 1.54) is 32.1 Å². The molecule has 1 aromatic carbocycles. The fraction of sp³-hybridized carbons (Fsp3) is 0.619. The first-order valence-corrected chi connectivity index (χ1v) is 10.3. The van der Waals surface area contributed by atoms with Crippen LogP contribution in [0.25, 0.3) is 0 Å². The monoisotopic (exact) mass is 372 g/mol. The molecule has 4 aliphatic carbocycles. The number of hydrogen-bond acceptors (Lipinski definition) is 3. The van der Waals surface area contributed by atoms with Crippen LogP contribution in [0.1, 0.15) is 56.3 Å². The summed E-state index contributed by atoms with van der Waals surface area (Å²) < 4.78 is 5.62. The Morgan fingerprint density at radius 1 is 1.04 bits per heavy atom. The predicted octanol–water partition coefficient (Wildman–Crippen LogP) is 3.90. The third-order valence-corrected chi connectivity index (χ3v) is 6.46. The normalized spacial score (nSPS) is 31.7. The van der Waals surface area contributed by atoms with E-state index in [4.69, 9.17) is 17.0 Å². The van der Waals surface area contributed by atoms with Gasteiger partial charge in [0.15, 0.2) is 5.11 Å². The minimum absolute atomic E-state index is 0.118. The molecule has 4 saturated carbocycles. The van der Waals surface area contributed by atoms with E-state index in [-0.39, 0.29) is 12.0 Å². The highest BCUT2D eigenvalue weighted by atomic mass is 32.1. The zero-order valence-corrected chi connectivity index (χ0v) is 16.4. The quantitative estimate of drug-likeness (QED) is 0.787. The van der Waals surface area contributed by atoms with E-state index >= 15 is 0 Å². The number of thiocarbonyl (C=S) groups is 1. The number of benzene rings is 1. The van der Waals surface area contributed by atoms with Crippen molar-refractivity contribution < 1.29 is 9.53 Å². The molecule has 0 spiro atoms. The van der Waals surface area contributed by atoms with E-state index in [0.717, 1.165) is 29.4 Å². The number of carbonyl (C=O) groups excluding carboxylic acids is 1. The molecule has 0 unspecified atom stereocenters. The molecule has 0 saturated heterocycles. The number of hydrogen-bond donors (Lipinski definition) is 2. The van der Waals surface area contributed by atoms with Gasteiger partial charge >= 0.3 is 0 Å². The highest BCUT2D eigenvalue weighted by Crippen LogP contribution is 2.53. The smallest absolute Gasteiger partial charge is 0.257 e. The van der Waals surface area contributed by atoms with Crippen molar-refractivity contribution in [3.05, 3.63) is 29.8 Å². The van der Waals surface area contributed by atoms with E-state index in [1.807, 2.05) is 26.0 Å². The van der Waals surface area contributed by atoms with Crippen molar-refractivity contribution in [3.63, 3.8) is 0 Å². The molecule has 4 nitrogen and oxygen atoms in total. The highest BCUT2D eigenvalue weighted by molar-refractivity contribution is 7.80. The van der Waals surface area contributed by atoms with Crippen LogP contribution < -0.4 is 15.4 Å². The molecular weight excluding hydrogens is 344 g/mol. The topological polar surface area (TPSA) is 50.4 Å². The minimum atomic E-state index is -0.164. The lowest BCUT2D eigenvalue weighted by molar-refractivity contribution is -0.00692. The summed E-state index contributed by atoms with van der Waals surface area (Å²) in [7, 11) is 0. The maximum absolute atomic E-state index is 12.5. The van der Waals surface area contributed by atoms with Gasteiger partial charge < -0.3 is 10.1 Å². The van der Waals surface area contributed by atoms with Crippen LogP contribution in [0.5, 0.6) is 5.75 Å². The first-order chi connectivity index (χ1) is 12.5. The van der Waals surface area contributed by atoms with Gasteiger partial charge in [-0.05, 0) is 106 Å². The van der Waals surface area contributed by atoms with Crippen molar-refractivity contribution in [1.29, 1.82) is 0 Å². The second-order valence-corrected chi connectivity index (χ2v) is 8.98. The third kappa shape index (κ3) is 3.73. The van der Waals surface area contributed by atoms with E-state index < -0.39 is 0 Å². The van der Waals surface area contributed by atoms with Gasteiger partial charge in [0.1, 0.15) is 5.75 Å². The molecule has 4 bridgehead atoms. The summed E-state index contributed by atoms with van der Waals surface area (Å²) in [6, 6.07) is 7.64. The van der Waals surface area contributed by atoms with Gasteiger partial charge in [-0.25, -0.2) is 0 Å². The summed E-state index contributed by atoms with van der Waals surface area (Å²) in [5.41, 5.74) is 0.593. The summed E-state index contributed by atoms with van der Waals surface area (Å²) in [6.45, 7) is 3.96. The molecule has 1 aromatic rings. The third-order valence-electron chi connectivity index (χ3n) is 6.24. The van der Waals surface area contributed by atoms with E-state index in [2.05, 4.69) is 10.6 Å². The molecule has 0 atom stereocenters. The van der Waals surface area contributed by atoms with Crippen molar-refractivity contribution >= 4 is 23.2 Å². The van der Waals surface area contributed by atoms with Crippen molar-refractivity contribution in [1.82, 2.24) is 10.6 Å². The van der Waals surface area contributed by atoms with Crippen molar-refractivity contribution in [2.24, 2.45) is 23.7 Å². The van der Waals surface area contributed by atoms with Crippen molar-refractivity contribution in [3.8, 4) is 5.75 Å². The molecule has 4 aliphatic rings. The molecule has 1 amide bonds. The van der Waals surface area contributed by atoms with Crippen LogP contribution in [-0.4, -0.2) is 23.2 Å².